The van der Waals surface area contributed by atoms with Crippen LogP contribution in [0, 0.1) is 0 Å². The highest BCUT2D eigenvalue weighted by atomic mass is 35.5. The van der Waals surface area contributed by atoms with Crippen molar-refractivity contribution in [1.82, 2.24) is 19.2 Å². The first-order chi connectivity index (χ1) is 15.5. The molecule has 1 N–H and O–H groups in total. The van der Waals surface area contributed by atoms with Crippen molar-refractivity contribution < 1.29 is 4.74 Å². The Morgan fingerprint density at radius 1 is 1.06 bits per heavy atom. The van der Waals surface area contributed by atoms with Crippen LogP contribution in [-0.2, 0) is 19.6 Å². The number of nitrogens with one attached hydrogen (secondary N) is 1. The topological polar surface area (TPSA) is 72.3 Å². The summed E-state index contributed by atoms with van der Waals surface area (Å²) in [6.45, 7) is 2.64. The molecule has 0 saturated carbocycles. The van der Waals surface area contributed by atoms with Crippen molar-refractivity contribution in [3.05, 3.63) is 91.6 Å². The summed E-state index contributed by atoms with van der Waals surface area (Å²) in [7, 11) is 1.65. The van der Waals surface area contributed by atoms with Crippen LogP contribution in [0.15, 0.2) is 64.2 Å². The number of benzene rings is 2. The van der Waals surface area contributed by atoms with Crippen LogP contribution in [0.3, 0.4) is 0 Å². The molecule has 1 aliphatic rings. The molecular formula is C24H23ClN4O3. The molecule has 0 amide bonds. The normalized spacial score (nSPS) is 14.3. The van der Waals surface area contributed by atoms with Crippen molar-refractivity contribution in [2.45, 2.75) is 26.1 Å². The molecule has 4 aromatic rings. The van der Waals surface area contributed by atoms with Crippen molar-refractivity contribution in [2.24, 2.45) is 0 Å². The zero-order valence-electron chi connectivity index (χ0n) is 17.7. The molecule has 0 aliphatic carbocycles. The van der Waals surface area contributed by atoms with Gasteiger partial charge < -0.3 is 9.30 Å². The molecule has 1 aliphatic heterocycles. The SMILES string of the molecule is COc1ccc(CN2CCCn3c(c4c(=O)n(-c5ccccc5Cl)[nH]c4cc3=O)C2)cc1. The monoisotopic (exact) mass is 450 g/mol. The lowest BCUT2D eigenvalue weighted by Gasteiger charge is -2.20. The molecule has 5 rings (SSSR count). The van der Waals surface area contributed by atoms with E-state index in [-0.39, 0.29) is 11.1 Å². The minimum absolute atomic E-state index is 0.105. The van der Waals surface area contributed by atoms with Crippen LogP contribution in [-0.4, -0.2) is 32.9 Å². The predicted octanol–water partition coefficient (Wildman–Crippen LogP) is 3.55. The average Bonchev–Trinajstić information content (AvgIpc) is 2.97. The Kier molecular flexibility index (Phi) is 5.36. The lowest BCUT2D eigenvalue weighted by molar-refractivity contribution is 0.261. The average molecular weight is 451 g/mol. The van der Waals surface area contributed by atoms with Gasteiger partial charge in [-0.25, -0.2) is 4.68 Å². The summed E-state index contributed by atoms with van der Waals surface area (Å²) < 4.78 is 8.41. The highest BCUT2D eigenvalue weighted by Crippen LogP contribution is 2.23. The second kappa shape index (κ2) is 8.33. The van der Waals surface area contributed by atoms with Crippen LogP contribution < -0.4 is 15.9 Å². The van der Waals surface area contributed by atoms with Crippen molar-refractivity contribution >= 4 is 22.5 Å². The summed E-state index contributed by atoms with van der Waals surface area (Å²) in [5.41, 5.74) is 2.67. The highest BCUT2D eigenvalue weighted by Gasteiger charge is 2.22. The summed E-state index contributed by atoms with van der Waals surface area (Å²) in [4.78, 5) is 28.6. The minimum atomic E-state index is -0.205. The van der Waals surface area contributed by atoms with E-state index in [1.165, 1.54) is 10.7 Å². The smallest absolute Gasteiger partial charge is 0.280 e. The number of pyridine rings is 1. The van der Waals surface area contributed by atoms with Crippen LogP contribution in [0.5, 0.6) is 5.75 Å². The number of ether oxygens (including phenoxy) is 1. The Hall–Kier alpha value is -3.29. The maximum Gasteiger partial charge on any atom is 0.280 e. The second-order valence-electron chi connectivity index (χ2n) is 7.99. The third-order valence-corrected chi connectivity index (χ3v) is 6.27. The van der Waals surface area contributed by atoms with Gasteiger partial charge in [0.25, 0.3) is 11.1 Å². The molecule has 0 bridgehead atoms. The first-order valence-corrected chi connectivity index (χ1v) is 10.9. The van der Waals surface area contributed by atoms with E-state index in [2.05, 4.69) is 10.00 Å². The molecule has 7 nitrogen and oxygen atoms in total. The van der Waals surface area contributed by atoms with Crippen molar-refractivity contribution in [1.29, 1.82) is 0 Å². The number of H-pyrrole nitrogens is 1. The largest absolute Gasteiger partial charge is 0.497 e. The zero-order chi connectivity index (χ0) is 22.2. The Balaban J connectivity index is 1.58. The van der Waals surface area contributed by atoms with Crippen molar-refractivity contribution in [2.75, 3.05) is 13.7 Å². The maximum absolute atomic E-state index is 13.4. The Bertz CT molecular complexity index is 1400. The van der Waals surface area contributed by atoms with Gasteiger partial charge in [-0.05, 0) is 36.2 Å². The van der Waals surface area contributed by atoms with Crippen LogP contribution in [0.25, 0.3) is 16.6 Å². The number of rotatable bonds is 4. The van der Waals surface area contributed by atoms with E-state index in [0.29, 0.717) is 34.7 Å². The molecule has 3 heterocycles. The fourth-order valence-electron chi connectivity index (χ4n) is 4.39. The van der Waals surface area contributed by atoms with E-state index >= 15 is 0 Å². The number of para-hydroxylation sites is 1. The Morgan fingerprint density at radius 3 is 2.59 bits per heavy atom. The van der Waals surface area contributed by atoms with Gasteiger partial charge in [0.2, 0.25) is 0 Å². The summed E-state index contributed by atoms with van der Waals surface area (Å²) in [6, 6.07) is 16.6. The van der Waals surface area contributed by atoms with Gasteiger partial charge in [0.1, 0.15) is 5.75 Å². The number of fused-ring (bicyclic) bond motifs is 3. The van der Waals surface area contributed by atoms with E-state index in [0.717, 1.165) is 36.5 Å². The van der Waals surface area contributed by atoms with Gasteiger partial charge in [0, 0.05) is 32.2 Å². The van der Waals surface area contributed by atoms with Gasteiger partial charge in [-0.2, -0.15) is 0 Å². The number of aromatic amines is 1. The Morgan fingerprint density at radius 2 is 1.84 bits per heavy atom. The molecule has 0 radical (unpaired) electrons. The summed E-state index contributed by atoms with van der Waals surface area (Å²) >= 11 is 6.33. The molecule has 0 saturated heterocycles. The zero-order valence-corrected chi connectivity index (χ0v) is 18.4. The van der Waals surface area contributed by atoms with Crippen molar-refractivity contribution in [3.63, 3.8) is 0 Å². The second-order valence-corrected chi connectivity index (χ2v) is 8.39. The lowest BCUT2D eigenvalue weighted by Crippen LogP contribution is -2.27. The number of halogens is 1. The van der Waals surface area contributed by atoms with Crippen molar-refractivity contribution in [3.8, 4) is 11.4 Å². The van der Waals surface area contributed by atoms with Gasteiger partial charge in [-0.1, -0.05) is 35.9 Å². The van der Waals surface area contributed by atoms with Crippen LogP contribution in [0.1, 0.15) is 17.7 Å². The number of methoxy groups -OCH3 is 1. The van der Waals surface area contributed by atoms with E-state index in [9.17, 15) is 9.59 Å². The van der Waals surface area contributed by atoms with E-state index < -0.39 is 0 Å². The Labute approximate surface area is 189 Å². The van der Waals surface area contributed by atoms with Gasteiger partial charge >= 0.3 is 0 Å². The quantitative estimate of drug-likeness (QED) is 0.516. The first-order valence-electron chi connectivity index (χ1n) is 10.5. The fourth-order valence-corrected chi connectivity index (χ4v) is 4.61. The summed E-state index contributed by atoms with van der Waals surface area (Å²) in [5, 5.41) is 4.08. The van der Waals surface area contributed by atoms with Gasteiger partial charge in [0.15, 0.2) is 0 Å². The standard InChI is InChI=1S/C24H23ClN4O3/c1-32-17-9-7-16(8-10-17)14-27-11-4-12-28-21(15-27)23-19(13-22(28)30)26-29(24(23)31)20-6-3-2-5-18(20)25/h2-3,5-10,13,26H,4,11-12,14-15H2,1H3. The first kappa shape index (κ1) is 20.6. The molecule has 0 spiro atoms. The third-order valence-electron chi connectivity index (χ3n) is 5.95. The van der Waals surface area contributed by atoms with Gasteiger partial charge in [0.05, 0.1) is 34.4 Å². The van der Waals surface area contributed by atoms with E-state index in [1.807, 2.05) is 36.4 Å². The van der Waals surface area contributed by atoms with E-state index in [1.54, 1.807) is 23.8 Å². The molecule has 0 unspecified atom stereocenters. The van der Waals surface area contributed by atoms with Crippen LogP contribution in [0.2, 0.25) is 5.02 Å². The number of aromatic nitrogens is 3. The fraction of sp³-hybridized carbons (Fsp3) is 0.250. The molecule has 0 atom stereocenters. The minimum Gasteiger partial charge on any atom is -0.497 e. The molecule has 32 heavy (non-hydrogen) atoms. The highest BCUT2D eigenvalue weighted by molar-refractivity contribution is 6.32. The van der Waals surface area contributed by atoms with E-state index in [4.69, 9.17) is 16.3 Å². The predicted molar refractivity (Wildman–Crippen MR) is 125 cm³/mol. The van der Waals surface area contributed by atoms with Gasteiger partial charge in [-0.15, -0.1) is 0 Å². The molecule has 164 valence electrons. The molecule has 2 aromatic heterocycles. The maximum atomic E-state index is 13.4. The summed E-state index contributed by atoms with van der Waals surface area (Å²) in [5.74, 6) is 0.815. The molecule has 8 heteroatoms. The van der Waals surface area contributed by atoms with Gasteiger partial charge in [-0.3, -0.25) is 19.6 Å². The number of hydrogen-bond donors (Lipinski definition) is 1. The number of hydrogen-bond acceptors (Lipinski definition) is 4. The molecule has 2 aromatic carbocycles. The summed E-state index contributed by atoms with van der Waals surface area (Å²) in [6.07, 6.45) is 0.831. The number of nitrogens with zero attached hydrogens (tertiary/aromatic N) is 3. The molecular weight excluding hydrogens is 428 g/mol. The molecule has 0 fully saturated rings. The lowest BCUT2D eigenvalue weighted by atomic mass is 10.2. The van der Waals surface area contributed by atoms with Crippen LogP contribution in [0.4, 0.5) is 0 Å². The third kappa shape index (κ3) is 3.63. The van der Waals surface area contributed by atoms with Crippen LogP contribution >= 0.6 is 11.6 Å².